The molecule has 4 nitrogen and oxygen atoms in total. The monoisotopic (exact) mass is 470 g/mol. The molecule has 0 amide bonds. The fraction of sp³-hybridized carbons (Fsp3) is 0.800. The van der Waals surface area contributed by atoms with Gasteiger partial charge in [0.1, 0.15) is 5.78 Å². The number of carboxylic acid groups (broad SMARTS) is 1. The number of aliphatic hydroxyl groups is 1. The van der Waals surface area contributed by atoms with Gasteiger partial charge in [0.15, 0.2) is 0 Å². The molecule has 0 aliphatic heterocycles. The van der Waals surface area contributed by atoms with E-state index in [-0.39, 0.29) is 27.8 Å². The van der Waals surface area contributed by atoms with Gasteiger partial charge in [0.2, 0.25) is 0 Å². The third-order valence-electron chi connectivity index (χ3n) is 11.7. The van der Waals surface area contributed by atoms with Gasteiger partial charge in [-0.2, -0.15) is 0 Å². The smallest absolute Gasteiger partial charge is 0.330 e. The van der Waals surface area contributed by atoms with Crippen LogP contribution in [0.25, 0.3) is 0 Å². The molecule has 4 aliphatic rings. The summed E-state index contributed by atoms with van der Waals surface area (Å²) >= 11 is 0. The Hall–Kier alpha value is -1.42. The number of rotatable bonds is 5. The van der Waals surface area contributed by atoms with E-state index in [9.17, 15) is 14.7 Å². The van der Waals surface area contributed by atoms with Crippen molar-refractivity contribution in [3.05, 3.63) is 22.8 Å². The Morgan fingerprint density at radius 3 is 2.41 bits per heavy atom. The van der Waals surface area contributed by atoms with Crippen molar-refractivity contribution in [2.75, 3.05) is 0 Å². The van der Waals surface area contributed by atoms with Crippen molar-refractivity contribution in [1.82, 2.24) is 0 Å². The Morgan fingerprint density at radius 1 is 1.09 bits per heavy atom. The Morgan fingerprint density at radius 2 is 1.76 bits per heavy atom. The van der Waals surface area contributed by atoms with Crippen molar-refractivity contribution in [1.29, 1.82) is 0 Å². The number of carbonyl (C=O) groups is 2. The van der Waals surface area contributed by atoms with Crippen molar-refractivity contribution in [2.24, 2.45) is 39.4 Å². The van der Waals surface area contributed by atoms with Crippen LogP contribution in [0.1, 0.15) is 106 Å². The standard InChI is InChI=1S/C30H46O4/c1-18(9-8-10-19(2)26(33)34)20-13-16-29(6)21-11-12-23-27(3,4)24(31)14-15-28(23,5)22(21)17-25(32)30(20,29)7/h10,18,20,23,25,32H,8-9,11-17H2,1-7H3,(H,33,34)/b19-10-/t18-,20-,23-,25+,28-,29+,30+/m1/s1. The summed E-state index contributed by atoms with van der Waals surface area (Å²) in [5.74, 6) is 0.787. The van der Waals surface area contributed by atoms with Crippen LogP contribution in [-0.4, -0.2) is 28.1 Å². The lowest BCUT2D eigenvalue weighted by Gasteiger charge is -2.62. The minimum Gasteiger partial charge on any atom is -0.478 e. The van der Waals surface area contributed by atoms with Gasteiger partial charge >= 0.3 is 5.97 Å². The molecule has 0 aromatic carbocycles. The minimum atomic E-state index is -0.841. The molecule has 34 heavy (non-hydrogen) atoms. The molecule has 190 valence electrons. The lowest BCUT2D eigenvalue weighted by Crippen LogP contribution is -2.57. The Bertz CT molecular complexity index is 941. The zero-order valence-electron chi connectivity index (χ0n) is 22.5. The van der Waals surface area contributed by atoms with Gasteiger partial charge in [0.05, 0.1) is 6.10 Å². The van der Waals surface area contributed by atoms with Gasteiger partial charge in [-0.05, 0) is 86.9 Å². The van der Waals surface area contributed by atoms with E-state index >= 15 is 0 Å². The highest BCUT2D eigenvalue weighted by Crippen LogP contribution is 2.72. The van der Waals surface area contributed by atoms with E-state index in [0.717, 1.165) is 51.4 Å². The molecule has 7 atom stereocenters. The second-order valence-corrected chi connectivity index (χ2v) is 13.3. The molecule has 4 heteroatoms. The molecule has 0 saturated heterocycles. The molecule has 4 rings (SSSR count). The number of hydrogen-bond acceptors (Lipinski definition) is 3. The van der Waals surface area contributed by atoms with Crippen molar-refractivity contribution in [3.63, 3.8) is 0 Å². The van der Waals surface area contributed by atoms with Crippen LogP contribution < -0.4 is 0 Å². The maximum absolute atomic E-state index is 12.8. The maximum atomic E-state index is 12.8. The number of Topliss-reactive ketones (excluding diaryl/α,β-unsaturated/α-hetero) is 1. The van der Waals surface area contributed by atoms with Crippen molar-refractivity contribution in [2.45, 2.75) is 112 Å². The van der Waals surface area contributed by atoms with E-state index in [1.807, 2.05) is 6.08 Å². The van der Waals surface area contributed by atoms with Crippen LogP contribution in [0.3, 0.4) is 0 Å². The molecule has 2 N–H and O–H groups in total. The average Bonchev–Trinajstić information content (AvgIpc) is 3.05. The van der Waals surface area contributed by atoms with Crippen molar-refractivity contribution >= 4 is 11.8 Å². The molecule has 2 fully saturated rings. The lowest BCUT2D eigenvalue weighted by atomic mass is 9.43. The first-order valence-electron chi connectivity index (χ1n) is 13.6. The number of hydrogen-bond donors (Lipinski definition) is 2. The van der Waals surface area contributed by atoms with Crippen LogP contribution in [0.4, 0.5) is 0 Å². The first-order valence-corrected chi connectivity index (χ1v) is 13.6. The number of aliphatic carboxylic acids is 1. The van der Waals surface area contributed by atoms with E-state index in [1.165, 1.54) is 5.57 Å². The van der Waals surface area contributed by atoms with Crippen LogP contribution in [-0.2, 0) is 9.59 Å². The van der Waals surface area contributed by atoms with E-state index in [1.54, 1.807) is 12.5 Å². The van der Waals surface area contributed by atoms with Gasteiger partial charge in [-0.3, -0.25) is 4.79 Å². The number of aliphatic hydroxyl groups excluding tert-OH is 1. The Balaban J connectivity index is 1.66. The molecule has 0 radical (unpaired) electrons. The second kappa shape index (κ2) is 8.32. The number of ketones is 1. The summed E-state index contributed by atoms with van der Waals surface area (Å²) in [5.41, 5.74) is 3.07. The summed E-state index contributed by atoms with van der Waals surface area (Å²) in [5, 5.41) is 21.0. The fourth-order valence-electron chi connectivity index (χ4n) is 9.30. The highest BCUT2D eigenvalue weighted by Gasteiger charge is 2.66. The Kier molecular flexibility index (Phi) is 6.28. The summed E-state index contributed by atoms with van der Waals surface area (Å²) in [4.78, 5) is 24.0. The first kappa shape index (κ1) is 25.7. The van der Waals surface area contributed by atoms with Gasteiger partial charge in [0.25, 0.3) is 0 Å². The van der Waals surface area contributed by atoms with Crippen molar-refractivity contribution < 1.29 is 19.8 Å². The molecule has 0 aromatic heterocycles. The summed E-state index contributed by atoms with van der Waals surface area (Å²) in [6.45, 7) is 15.4. The van der Waals surface area contributed by atoms with Crippen LogP contribution in [0.2, 0.25) is 0 Å². The summed E-state index contributed by atoms with van der Waals surface area (Å²) < 4.78 is 0. The molecule has 0 heterocycles. The summed E-state index contributed by atoms with van der Waals surface area (Å²) in [6, 6.07) is 0. The topological polar surface area (TPSA) is 74.6 Å². The highest BCUT2D eigenvalue weighted by molar-refractivity contribution is 5.86. The third kappa shape index (κ3) is 3.41. The molecule has 2 saturated carbocycles. The van der Waals surface area contributed by atoms with Crippen LogP contribution in [0.5, 0.6) is 0 Å². The van der Waals surface area contributed by atoms with E-state index in [2.05, 4.69) is 41.5 Å². The van der Waals surface area contributed by atoms with Gasteiger partial charge < -0.3 is 10.2 Å². The largest absolute Gasteiger partial charge is 0.478 e. The Labute approximate surface area is 206 Å². The molecular weight excluding hydrogens is 424 g/mol. The van der Waals surface area contributed by atoms with Crippen LogP contribution in [0.15, 0.2) is 22.8 Å². The SMILES string of the molecule is C/C(=C/CC[C@@H](C)[C@H]1CC[C@@]2(C)C3=C(C[C@H](O)[C@]12C)[C@@]1(C)CCC(=O)C(C)(C)[C@H]1CC3)C(=O)O. The number of allylic oxidation sites excluding steroid dienone is 2. The predicted octanol–water partition coefficient (Wildman–Crippen LogP) is 6.72. The highest BCUT2D eigenvalue weighted by atomic mass is 16.4. The van der Waals surface area contributed by atoms with Gasteiger partial charge in [0, 0.05) is 22.8 Å². The zero-order chi connectivity index (χ0) is 25.3. The van der Waals surface area contributed by atoms with E-state index in [4.69, 9.17) is 5.11 Å². The minimum absolute atomic E-state index is 0.00861. The predicted molar refractivity (Wildman–Crippen MR) is 135 cm³/mol. The lowest BCUT2D eigenvalue weighted by molar-refractivity contribution is -0.141. The number of fused-ring (bicyclic) bond motifs is 4. The van der Waals surface area contributed by atoms with Gasteiger partial charge in [-0.15, -0.1) is 0 Å². The quantitative estimate of drug-likeness (QED) is 0.345. The van der Waals surface area contributed by atoms with Crippen LogP contribution >= 0.6 is 0 Å². The molecular formula is C30H46O4. The number of carboxylic acids is 1. The van der Waals surface area contributed by atoms with E-state index < -0.39 is 5.97 Å². The molecule has 0 spiro atoms. The zero-order valence-corrected chi connectivity index (χ0v) is 22.5. The van der Waals surface area contributed by atoms with Crippen LogP contribution in [0, 0.1) is 39.4 Å². The second-order valence-electron chi connectivity index (χ2n) is 13.3. The third-order valence-corrected chi connectivity index (χ3v) is 11.7. The average molecular weight is 471 g/mol. The molecule has 0 unspecified atom stereocenters. The summed E-state index contributed by atoms with van der Waals surface area (Å²) in [7, 11) is 0. The molecule has 0 aromatic rings. The van der Waals surface area contributed by atoms with Gasteiger partial charge in [-0.1, -0.05) is 58.8 Å². The van der Waals surface area contributed by atoms with Crippen molar-refractivity contribution in [3.8, 4) is 0 Å². The first-order chi connectivity index (χ1) is 15.7. The molecule has 4 aliphatic carbocycles. The normalized spacial score (nSPS) is 42.6. The fourth-order valence-corrected chi connectivity index (χ4v) is 9.30. The number of carbonyl (C=O) groups excluding carboxylic acids is 1. The van der Waals surface area contributed by atoms with E-state index in [0.29, 0.717) is 35.5 Å². The molecule has 0 bridgehead atoms. The summed E-state index contributed by atoms with van der Waals surface area (Å²) in [6.07, 6.45) is 9.90. The van der Waals surface area contributed by atoms with Gasteiger partial charge in [-0.25, -0.2) is 4.79 Å². The maximum Gasteiger partial charge on any atom is 0.330 e.